The van der Waals surface area contributed by atoms with Gasteiger partial charge in [-0.05, 0) is 62.2 Å². The Balaban J connectivity index is 1.05. The number of aromatic nitrogens is 4. The fourth-order valence-electron chi connectivity index (χ4n) is 6.80. The van der Waals surface area contributed by atoms with Crippen LogP contribution in [0.2, 0.25) is 0 Å². The molecule has 0 aliphatic heterocycles. The monoisotopic (exact) mass is 690 g/mol. The predicted molar refractivity (Wildman–Crippen MR) is 221 cm³/mol. The zero-order valence-electron chi connectivity index (χ0n) is 29.4. The van der Waals surface area contributed by atoms with Gasteiger partial charge in [-0.3, -0.25) is 0 Å². The molecule has 0 saturated carbocycles. The van der Waals surface area contributed by atoms with Crippen LogP contribution in [0.4, 0.5) is 0 Å². The lowest BCUT2D eigenvalue weighted by Crippen LogP contribution is -1.96. The Morgan fingerprint density at radius 1 is 0.241 bits per heavy atom. The highest BCUT2D eigenvalue weighted by atomic mass is 14.9. The molecule has 0 bridgehead atoms. The summed E-state index contributed by atoms with van der Waals surface area (Å²) in [6.45, 7) is 0. The van der Waals surface area contributed by atoms with E-state index in [4.69, 9.17) is 9.97 Å². The van der Waals surface area contributed by atoms with Crippen LogP contribution in [0.25, 0.3) is 89.5 Å². The minimum Gasteiger partial charge on any atom is -0.244 e. The highest BCUT2D eigenvalue weighted by molar-refractivity contribution is 5.78. The maximum atomic E-state index is 5.14. The Morgan fingerprint density at radius 3 is 0.981 bits per heavy atom. The van der Waals surface area contributed by atoms with Gasteiger partial charge in [0.25, 0.3) is 0 Å². The van der Waals surface area contributed by atoms with Crippen molar-refractivity contribution >= 4 is 0 Å². The Hall–Kier alpha value is -7.30. The first-order valence-electron chi connectivity index (χ1n) is 18.0. The summed E-state index contributed by atoms with van der Waals surface area (Å²) in [7, 11) is 0. The normalized spacial score (nSPS) is 11.0. The van der Waals surface area contributed by atoms with Crippen LogP contribution in [0.5, 0.6) is 0 Å². The van der Waals surface area contributed by atoms with Gasteiger partial charge in [0.2, 0.25) is 0 Å². The van der Waals surface area contributed by atoms with Crippen molar-refractivity contribution < 1.29 is 0 Å². The van der Waals surface area contributed by atoms with E-state index in [0.717, 1.165) is 50.3 Å². The lowest BCUT2D eigenvalue weighted by Gasteiger charge is -2.12. The fourth-order valence-corrected chi connectivity index (χ4v) is 6.80. The molecule has 54 heavy (non-hydrogen) atoms. The second-order valence-corrected chi connectivity index (χ2v) is 13.2. The summed E-state index contributed by atoms with van der Waals surface area (Å²) < 4.78 is 0. The molecule has 0 atom stereocenters. The van der Waals surface area contributed by atoms with Crippen LogP contribution in [0.1, 0.15) is 0 Å². The van der Waals surface area contributed by atoms with Crippen LogP contribution in [0, 0.1) is 0 Å². The van der Waals surface area contributed by atoms with Gasteiger partial charge in [0, 0.05) is 34.6 Å². The number of rotatable bonds is 8. The van der Waals surface area contributed by atoms with E-state index in [2.05, 4.69) is 180 Å². The molecule has 0 unspecified atom stereocenters. The van der Waals surface area contributed by atoms with E-state index < -0.39 is 0 Å². The minimum absolute atomic E-state index is 0.655. The minimum atomic E-state index is 0.655. The summed E-state index contributed by atoms with van der Waals surface area (Å²) in [4.78, 5) is 18.7. The molecule has 0 aliphatic rings. The Labute approximate surface area is 315 Å². The lowest BCUT2D eigenvalue weighted by molar-refractivity contribution is 1.17. The van der Waals surface area contributed by atoms with Crippen LogP contribution in [-0.2, 0) is 0 Å². The van der Waals surface area contributed by atoms with Gasteiger partial charge in [0.15, 0.2) is 5.82 Å². The molecule has 2 heterocycles. The molecule has 0 radical (unpaired) electrons. The van der Waals surface area contributed by atoms with Gasteiger partial charge in [-0.1, -0.05) is 176 Å². The highest BCUT2D eigenvalue weighted by Gasteiger charge is 2.13. The van der Waals surface area contributed by atoms with Gasteiger partial charge in [0.05, 0.1) is 11.4 Å². The molecule has 0 fully saturated rings. The Bertz CT molecular complexity index is 2490. The molecular formula is C50H34N4. The first-order chi connectivity index (χ1) is 26.7. The van der Waals surface area contributed by atoms with E-state index in [-0.39, 0.29) is 0 Å². The summed E-state index contributed by atoms with van der Waals surface area (Å²) in [5, 5.41) is 0. The molecule has 254 valence electrons. The molecule has 0 N–H and O–H groups in total. The van der Waals surface area contributed by atoms with Crippen LogP contribution in [-0.4, -0.2) is 19.9 Å². The summed E-state index contributed by atoms with van der Waals surface area (Å²) in [6.07, 6.45) is 5.19. The maximum absolute atomic E-state index is 5.14. The molecule has 0 saturated heterocycles. The summed E-state index contributed by atoms with van der Waals surface area (Å²) in [6, 6.07) is 66.0. The number of nitrogens with zero attached hydrogens (tertiary/aromatic N) is 4. The first-order valence-corrected chi connectivity index (χ1v) is 18.0. The fraction of sp³-hybridized carbons (Fsp3) is 0. The average Bonchev–Trinajstić information content (AvgIpc) is 3.27. The third-order valence-electron chi connectivity index (χ3n) is 9.75. The average molecular weight is 691 g/mol. The highest BCUT2D eigenvalue weighted by Crippen LogP contribution is 2.33. The maximum Gasteiger partial charge on any atom is 0.160 e. The molecule has 4 nitrogen and oxygen atoms in total. The molecule has 0 spiro atoms. The summed E-state index contributed by atoms with van der Waals surface area (Å²) in [5.74, 6) is 0.655. The molecule has 9 rings (SSSR count). The van der Waals surface area contributed by atoms with E-state index >= 15 is 0 Å². The SMILES string of the molecule is c1ccc(-c2ccc(-c3ccc(-c4cc(-c5ccc(-c6ccc(-c7ccccc7)cc6)cc5)nc(-c5cccc(-c6cncnc6)c5)n4)cc3)cc2)cc1. The quantitative estimate of drug-likeness (QED) is 0.159. The van der Waals surface area contributed by atoms with Crippen molar-refractivity contribution in [3.05, 3.63) is 207 Å². The van der Waals surface area contributed by atoms with Gasteiger partial charge < -0.3 is 0 Å². The Morgan fingerprint density at radius 2 is 0.574 bits per heavy atom. The molecule has 7 aromatic carbocycles. The van der Waals surface area contributed by atoms with E-state index in [1.807, 2.05) is 30.6 Å². The van der Waals surface area contributed by atoms with Gasteiger partial charge >= 0.3 is 0 Å². The van der Waals surface area contributed by atoms with Crippen LogP contribution in [0.15, 0.2) is 207 Å². The molecule has 0 aliphatic carbocycles. The van der Waals surface area contributed by atoms with Crippen molar-refractivity contribution in [1.29, 1.82) is 0 Å². The number of hydrogen-bond donors (Lipinski definition) is 0. The van der Waals surface area contributed by atoms with Crippen molar-refractivity contribution in [3.63, 3.8) is 0 Å². The largest absolute Gasteiger partial charge is 0.244 e. The second-order valence-electron chi connectivity index (χ2n) is 13.2. The van der Waals surface area contributed by atoms with Crippen molar-refractivity contribution in [2.45, 2.75) is 0 Å². The zero-order chi connectivity index (χ0) is 36.1. The molecular weight excluding hydrogens is 657 g/mol. The first kappa shape index (κ1) is 32.6. The second kappa shape index (κ2) is 14.7. The van der Waals surface area contributed by atoms with Crippen LogP contribution in [0.3, 0.4) is 0 Å². The third-order valence-corrected chi connectivity index (χ3v) is 9.75. The zero-order valence-corrected chi connectivity index (χ0v) is 29.4. The molecule has 4 heteroatoms. The van der Waals surface area contributed by atoms with E-state index in [1.165, 1.54) is 33.4 Å². The van der Waals surface area contributed by atoms with Gasteiger partial charge in [-0.25, -0.2) is 19.9 Å². The standard InChI is InChI=1S/C50H34N4/c1-3-8-35(9-4-1)37-14-18-39(19-15-37)41-22-26-43(27-23-41)48-31-49(54-50(53-48)46-13-7-12-45(30-46)47-32-51-34-52-33-47)44-28-24-42(25-29-44)40-20-16-38(17-21-40)36-10-5-2-6-11-36/h1-34H. The predicted octanol–water partition coefficient (Wildman–Crippen LogP) is 12.6. The van der Waals surface area contributed by atoms with E-state index in [1.54, 1.807) is 6.33 Å². The van der Waals surface area contributed by atoms with Crippen molar-refractivity contribution in [2.75, 3.05) is 0 Å². The van der Waals surface area contributed by atoms with Crippen molar-refractivity contribution in [3.8, 4) is 89.5 Å². The van der Waals surface area contributed by atoms with Gasteiger partial charge in [0.1, 0.15) is 6.33 Å². The smallest absolute Gasteiger partial charge is 0.160 e. The molecule has 9 aromatic rings. The van der Waals surface area contributed by atoms with Crippen LogP contribution < -0.4 is 0 Å². The topological polar surface area (TPSA) is 51.6 Å². The number of hydrogen-bond acceptors (Lipinski definition) is 4. The van der Waals surface area contributed by atoms with Crippen molar-refractivity contribution in [2.24, 2.45) is 0 Å². The van der Waals surface area contributed by atoms with Gasteiger partial charge in [-0.15, -0.1) is 0 Å². The van der Waals surface area contributed by atoms with Crippen LogP contribution >= 0.6 is 0 Å². The number of benzene rings is 7. The summed E-state index contributed by atoms with van der Waals surface area (Å²) in [5.41, 5.74) is 16.1. The Kier molecular flexibility index (Phi) is 8.90. The van der Waals surface area contributed by atoms with Crippen molar-refractivity contribution in [1.82, 2.24) is 19.9 Å². The summed E-state index contributed by atoms with van der Waals surface area (Å²) >= 11 is 0. The lowest BCUT2D eigenvalue weighted by atomic mass is 9.98. The third kappa shape index (κ3) is 6.97. The van der Waals surface area contributed by atoms with Gasteiger partial charge in [-0.2, -0.15) is 0 Å². The van der Waals surface area contributed by atoms with E-state index in [9.17, 15) is 0 Å². The molecule has 0 amide bonds. The van der Waals surface area contributed by atoms with E-state index in [0.29, 0.717) is 5.82 Å². The molecule has 2 aromatic heterocycles.